The van der Waals surface area contributed by atoms with Crippen molar-refractivity contribution in [2.45, 2.75) is 11.1 Å². The normalized spacial score (nSPS) is 12.6. The van der Waals surface area contributed by atoms with Gasteiger partial charge in [0.1, 0.15) is 11.5 Å². The lowest BCUT2D eigenvalue weighted by Crippen LogP contribution is -2.26. The van der Waals surface area contributed by atoms with E-state index in [0.717, 1.165) is 4.31 Å². The molecule has 0 unspecified atom stereocenters. The van der Waals surface area contributed by atoms with Gasteiger partial charge in [0, 0.05) is 14.1 Å². The highest BCUT2D eigenvalue weighted by atomic mass is 35.5. The molecule has 0 saturated carbocycles. The quantitative estimate of drug-likeness (QED) is 0.745. The Balaban J connectivity index is 2.85. The molecule has 8 nitrogen and oxygen atoms in total. The van der Waals surface area contributed by atoms with Crippen molar-refractivity contribution < 1.29 is 26.4 Å². The maximum Gasteiger partial charge on any atom is 0.416 e. The van der Waals surface area contributed by atoms with Crippen LogP contribution in [-0.4, -0.2) is 42.5 Å². The van der Waals surface area contributed by atoms with Gasteiger partial charge in [0.05, 0.1) is 15.6 Å². The highest BCUT2D eigenvalue weighted by Crippen LogP contribution is 2.39. The third kappa shape index (κ3) is 3.70. The van der Waals surface area contributed by atoms with Crippen LogP contribution in [0.1, 0.15) is 16.1 Å². The Morgan fingerprint density at radius 2 is 1.70 bits per heavy atom. The smallest absolute Gasteiger partial charge is 0.382 e. The summed E-state index contributed by atoms with van der Waals surface area (Å²) >= 11 is 11.8. The number of halogens is 5. The van der Waals surface area contributed by atoms with Crippen LogP contribution in [0.4, 0.5) is 19.0 Å². The average Bonchev–Trinajstić information content (AvgIpc) is 2.84. The average molecular weight is 446 g/mol. The first-order valence-electron chi connectivity index (χ1n) is 6.87. The van der Waals surface area contributed by atoms with Crippen molar-refractivity contribution in [3.8, 4) is 5.69 Å². The Morgan fingerprint density at radius 1 is 1.22 bits per heavy atom. The van der Waals surface area contributed by atoms with Gasteiger partial charge in [-0.3, -0.25) is 4.79 Å². The van der Waals surface area contributed by atoms with Crippen LogP contribution in [0.15, 0.2) is 17.0 Å². The predicted octanol–water partition coefficient (Wildman–Crippen LogP) is 2.13. The summed E-state index contributed by atoms with van der Waals surface area (Å²) in [7, 11) is -1.92. The van der Waals surface area contributed by atoms with E-state index >= 15 is 0 Å². The largest absolute Gasteiger partial charge is 0.416 e. The minimum absolute atomic E-state index is 0.341. The van der Waals surface area contributed by atoms with Crippen LogP contribution in [0.5, 0.6) is 0 Å². The van der Waals surface area contributed by atoms with Crippen molar-refractivity contribution in [2.24, 2.45) is 5.73 Å². The Morgan fingerprint density at radius 3 is 2.07 bits per heavy atom. The van der Waals surface area contributed by atoms with Gasteiger partial charge < -0.3 is 11.5 Å². The van der Waals surface area contributed by atoms with Gasteiger partial charge in [-0.1, -0.05) is 23.2 Å². The van der Waals surface area contributed by atoms with Gasteiger partial charge in [0.15, 0.2) is 10.6 Å². The number of rotatable bonds is 4. The van der Waals surface area contributed by atoms with E-state index in [1.807, 2.05) is 0 Å². The number of aromatic nitrogens is 2. The summed E-state index contributed by atoms with van der Waals surface area (Å²) in [4.78, 5) is 10.9. The second kappa shape index (κ2) is 6.86. The van der Waals surface area contributed by atoms with Crippen LogP contribution in [0.2, 0.25) is 10.0 Å². The zero-order valence-electron chi connectivity index (χ0n) is 13.7. The molecule has 0 saturated heterocycles. The van der Waals surface area contributed by atoms with Crippen molar-refractivity contribution in [3.05, 3.63) is 33.4 Å². The van der Waals surface area contributed by atoms with Crippen LogP contribution in [-0.2, 0) is 16.2 Å². The second-order valence-corrected chi connectivity index (χ2v) is 8.32. The van der Waals surface area contributed by atoms with Gasteiger partial charge in [-0.05, 0) is 12.1 Å². The Hall–Kier alpha value is -2.02. The number of nitrogen functional groups attached to an aromatic ring is 1. The molecular formula is C13H12Cl2F3N5O3S. The van der Waals surface area contributed by atoms with Crippen LogP contribution >= 0.6 is 23.2 Å². The minimum atomic E-state index is -4.72. The van der Waals surface area contributed by atoms with E-state index in [2.05, 4.69) is 5.10 Å². The van der Waals surface area contributed by atoms with Gasteiger partial charge in [0.25, 0.3) is 5.91 Å². The Kier molecular flexibility index (Phi) is 5.40. The van der Waals surface area contributed by atoms with E-state index in [-0.39, 0.29) is 5.69 Å². The topological polar surface area (TPSA) is 124 Å². The van der Waals surface area contributed by atoms with Crippen molar-refractivity contribution in [3.63, 3.8) is 0 Å². The van der Waals surface area contributed by atoms with Crippen LogP contribution in [0, 0.1) is 0 Å². The number of amides is 1. The molecule has 0 aliphatic carbocycles. The van der Waals surface area contributed by atoms with E-state index in [9.17, 15) is 26.4 Å². The number of hydrogen-bond acceptors (Lipinski definition) is 5. The lowest BCUT2D eigenvalue weighted by molar-refractivity contribution is -0.137. The van der Waals surface area contributed by atoms with E-state index < -0.39 is 54.1 Å². The molecule has 4 N–H and O–H groups in total. The zero-order valence-corrected chi connectivity index (χ0v) is 16.0. The van der Waals surface area contributed by atoms with E-state index in [1.165, 1.54) is 14.1 Å². The molecule has 0 radical (unpaired) electrons. The molecule has 1 amide bonds. The number of anilines is 1. The first-order valence-corrected chi connectivity index (χ1v) is 9.06. The fourth-order valence-electron chi connectivity index (χ4n) is 2.12. The number of nitrogens with zero attached hydrogens (tertiary/aromatic N) is 3. The third-order valence-corrected chi connectivity index (χ3v) is 5.86. The molecule has 0 atom stereocenters. The van der Waals surface area contributed by atoms with Crippen molar-refractivity contribution in [1.29, 1.82) is 0 Å². The maximum atomic E-state index is 12.9. The fourth-order valence-corrected chi connectivity index (χ4v) is 3.87. The summed E-state index contributed by atoms with van der Waals surface area (Å²) in [5, 5.41) is 2.66. The summed E-state index contributed by atoms with van der Waals surface area (Å²) in [6.07, 6.45) is -4.72. The number of carbonyl (C=O) groups excluding carboxylic acids is 1. The molecule has 1 aromatic carbocycles. The molecule has 0 spiro atoms. The molecule has 148 valence electrons. The Bertz CT molecular complexity index is 1010. The molecule has 0 fully saturated rings. The molecule has 0 aliphatic heterocycles. The number of sulfonamides is 1. The lowest BCUT2D eigenvalue weighted by atomic mass is 10.2. The van der Waals surface area contributed by atoms with Gasteiger partial charge >= 0.3 is 6.18 Å². The highest BCUT2D eigenvalue weighted by Gasteiger charge is 2.35. The lowest BCUT2D eigenvalue weighted by Gasteiger charge is -2.14. The molecule has 0 aliphatic rings. The minimum Gasteiger partial charge on any atom is -0.382 e. The van der Waals surface area contributed by atoms with Crippen LogP contribution in [0.25, 0.3) is 5.69 Å². The summed E-state index contributed by atoms with van der Waals surface area (Å²) in [5.74, 6) is -1.82. The van der Waals surface area contributed by atoms with Crippen molar-refractivity contribution in [2.75, 3.05) is 19.8 Å². The number of alkyl halides is 3. The SMILES string of the molecule is CN(C)S(=O)(=O)c1c(C(N)=O)nn(-c2c(Cl)cc(C(F)(F)F)cc2Cl)c1N. The molecule has 2 rings (SSSR count). The van der Waals surface area contributed by atoms with E-state index in [1.54, 1.807) is 0 Å². The van der Waals surface area contributed by atoms with Crippen LogP contribution in [0.3, 0.4) is 0 Å². The number of nitrogens with two attached hydrogens (primary N) is 2. The first kappa shape index (κ1) is 21.3. The predicted molar refractivity (Wildman–Crippen MR) is 92.4 cm³/mol. The monoisotopic (exact) mass is 445 g/mol. The molecule has 2 aromatic rings. The van der Waals surface area contributed by atoms with Crippen molar-refractivity contribution in [1.82, 2.24) is 14.1 Å². The molecular weight excluding hydrogens is 434 g/mol. The fraction of sp³-hybridized carbons (Fsp3) is 0.231. The maximum absolute atomic E-state index is 12.9. The third-order valence-electron chi connectivity index (χ3n) is 3.40. The molecule has 0 bridgehead atoms. The Labute approximate surface area is 161 Å². The van der Waals surface area contributed by atoms with E-state index in [4.69, 9.17) is 34.7 Å². The number of benzene rings is 1. The van der Waals surface area contributed by atoms with Crippen LogP contribution < -0.4 is 11.5 Å². The van der Waals surface area contributed by atoms with Crippen molar-refractivity contribution >= 4 is 45.0 Å². The zero-order chi connectivity index (χ0) is 20.9. The number of primary amides is 1. The molecule has 27 heavy (non-hydrogen) atoms. The highest BCUT2D eigenvalue weighted by molar-refractivity contribution is 7.89. The molecule has 1 aromatic heterocycles. The van der Waals surface area contributed by atoms with Gasteiger partial charge in [-0.2, -0.15) is 18.3 Å². The summed E-state index contributed by atoms with van der Waals surface area (Å²) in [5.41, 5.74) is 8.78. The standard InChI is InChI=1S/C13H12Cl2F3N5O3S/c1-22(2)27(25,26)10-8(12(20)24)21-23(11(10)19)9-6(14)3-5(4-7(9)15)13(16,17)18/h3-4H,19H2,1-2H3,(H2,20,24). The summed E-state index contributed by atoms with van der Waals surface area (Å²) < 4.78 is 64.9. The summed E-state index contributed by atoms with van der Waals surface area (Å²) in [6.45, 7) is 0. The number of carbonyl (C=O) groups is 1. The van der Waals surface area contributed by atoms with Gasteiger partial charge in [-0.25, -0.2) is 17.4 Å². The summed E-state index contributed by atoms with van der Waals surface area (Å²) in [6, 6.07) is 1.13. The van der Waals surface area contributed by atoms with E-state index in [0.29, 0.717) is 16.8 Å². The number of hydrogen-bond donors (Lipinski definition) is 2. The molecule has 14 heteroatoms. The van der Waals surface area contributed by atoms with Gasteiger partial charge in [0.2, 0.25) is 10.0 Å². The second-order valence-electron chi connectivity index (χ2n) is 5.41. The first-order chi connectivity index (χ1) is 12.2. The van der Waals surface area contributed by atoms with Gasteiger partial charge in [-0.15, -0.1) is 0 Å². The molecule has 1 heterocycles.